The number of nitrogens with zero attached hydrogens (tertiary/aromatic N) is 1. The van der Waals surface area contributed by atoms with Crippen molar-refractivity contribution in [1.82, 2.24) is 9.71 Å². The fraction of sp³-hybridized carbons (Fsp3) is 0.438. The second-order valence-corrected chi connectivity index (χ2v) is 14.9. The molecule has 2 aromatic rings. The number of amides is 1. The Bertz CT molecular complexity index is 1670. The van der Waals surface area contributed by atoms with Crippen LogP contribution in [0, 0.1) is 17.8 Å². The number of carbonyl (C=O) groups excluding carboxylic acids is 3. The summed E-state index contributed by atoms with van der Waals surface area (Å²) in [6.07, 6.45) is 2.69. The third kappa shape index (κ3) is 6.92. The number of methoxy groups -OCH3 is 1. The molecule has 1 aromatic carbocycles. The number of hydrogen-bond acceptors (Lipinski definition) is 8. The van der Waals surface area contributed by atoms with Crippen LogP contribution in [0.5, 0.6) is 5.75 Å². The number of benzene rings is 1. The molecule has 9 nitrogen and oxygen atoms in total. The average molecular weight is 633 g/mol. The number of aromatic nitrogens is 1. The van der Waals surface area contributed by atoms with Gasteiger partial charge in [-0.15, -0.1) is 0 Å². The van der Waals surface area contributed by atoms with Crippen molar-refractivity contribution >= 4 is 78.9 Å². The summed E-state index contributed by atoms with van der Waals surface area (Å²) in [5.41, 5.74) is 2.56. The molecule has 0 saturated heterocycles. The van der Waals surface area contributed by atoms with E-state index in [1.807, 2.05) is 38.5 Å². The molecule has 0 atom stereocenters. The third-order valence-corrected chi connectivity index (χ3v) is 8.56. The molecule has 2 heterocycles. The molecular formula is C32H37KN2O7S. The van der Waals surface area contributed by atoms with Gasteiger partial charge < -0.3 is 9.47 Å². The number of ketones is 2. The number of Topliss-reactive ketones (excluding diaryl/α,β-unsaturated/α-hetero) is 2. The van der Waals surface area contributed by atoms with Crippen LogP contribution >= 0.6 is 0 Å². The van der Waals surface area contributed by atoms with Crippen LogP contribution in [-0.4, -0.2) is 95.6 Å². The molecule has 11 heteroatoms. The molecule has 2 aliphatic carbocycles. The zero-order valence-electron chi connectivity index (χ0n) is 25.0. The van der Waals surface area contributed by atoms with E-state index in [9.17, 15) is 22.8 Å². The molecule has 0 unspecified atom stereocenters. The van der Waals surface area contributed by atoms with E-state index in [0.29, 0.717) is 76.5 Å². The zero-order valence-corrected chi connectivity index (χ0v) is 25.8. The van der Waals surface area contributed by atoms with Crippen LogP contribution in [-0.2, 0) is 24.3 Å². The number of hydrogen-bond donors (Lipinski definition) is 1. The van der Waals surface area contributed by atoms with Gasteiger partial charge in [0.1, 0.15) is 23.0 Å². The number of ether oxygens (including phenoxy) is 2. The fourth-order valence-electron chi connectivity index (χ4n) is 6.24. The molecule has 1 aliphatic heterocycles. The van der Waals surface area contributed by atoms with Crippen molar-refractivity contribution in [3.05, 3.63) is 69.8 Å². The Morgan fingerprint density at radius 2 is 1.51 bits per heavy atom. The standard InChI is InChI=1S/C32H36N2O7S.K.H/c1-17-8-10-20(33-29(17)30(37)34-42(7,38)39)18-9-11-23(40-6)19(12-18)26-27-21(35)13-31(2,3)15-24(27)41-25-16-32(4,5)14-22(36)28(25)26;;/h8-12,26H,13-16H2,1-7H3,(H,34,37);;. The first-order chi connectivity index (χ1) is 19.5. The molecule has 1 N–H and O–H groups in total. The molecule has 1 amide bonds. The third-order valence-electron chi connectivity index (χ3n) is 8.01. The summed E-state index contributed by atoms with van der Waals surface area (Å²) in [5, 5.41) is 0. The molecule has 43 heavy (non-hydrogen) atoms. The van der Waals surface area contributed by atoms with Crippen LogP contribution in [0.1, 0.15) is 80.9 Å². The van der Waals surface area contributed by atoms with Gasteiger partial charge >= 0.3 is 51.4 Å². The molecule has 0 bridgehead atoms. The first-order valence-electron chi connectivity index (χ1n) is 13.9. The van der Waals surface area contributed by atoms with Crippen LogP contribution in [0.3, 0.4) is 0 Å². The summed E-state index contributed by atoms with van der Waals surface area (Å²) in [4.78, 5) is 44.7. The molecule has 0 saturated carbocycles. The van der Waals surface area contributed by atoms with Crippen molar-refractivity contribution in [3.8, 4) is 17.0 Å². The molecule has 1 aromatic heterocycles. The summed E-state index contributed by atoms with van der Waals surface area (Å²) < 4.78 is 37.5. The number of sulfonamides is 1. The first-order valence-corrected chi connectivity index (χ1v) is 15.8. The number of nitrogens with one attached hydrogen (secondary N) is 1. The predicted molar refractivity (Wildman–Crippen MR) is 164 cm³/mol. The molecular weight excluding hydrogens is 596 g/mol. The number of aryl methyl sites for hydroxylation is 1. The molecule has 0 fully saturated rings. The van der Waals surface area contributed by atoms with Gasteiger partial charge in [-0.2, -0.15) is 0 Å². The Morgan fingerprint density at radius 1 is 0.953 bits per heavy atom. The topological polar surface area (TPSA) is 129 Å². The van der Waals surface area contributed by atoms with Crippen molar-refractivity contribution in [2.75, 3.05) is 13.4 Å². The van der Waals surface area contributed by atoms with Crippen LogP contribution in [0.4, 0.5) is 0 Å². The Hall–Kier alpha value is -2.15. The number of pyridine rings is 1. The van der Waals surface area contributed by atoms with E-state index in [0.717, 1.165) is 6.26 Å². The maximum absolute atomic E-state index is 13.7. The van der Waals surface area contributed by atoms with Crippen molar-refractivity contribution in [3.63, 3.8) is 0 Å². The molecule has 3 aliphatic rings. The summed E-state index contributed by atoms with van der Waals surface area (Å²) in [5.74, 6) is 0.0842. The zero-order chi connectivity index (χ0) is 30.8. The SMILES string of the molecule is COc1ccc(-c2ccc(C)c(C(=O)NS(C)(=O)=O)n2)cc1C1C2=C(CC(C)(C)CC2=O)OC2=C1C(=O)CC(C)(C)C2.[KH]. The number of allylic oxidation sites excluding steroid dienone is 4. The van der Waals surface area contributed by atoms with Gasteiger partial charge in [-0.3, -0.25) is 14.4 Å². The molecule has 0 radical (unpaired) electrons. The van der Waals surface area contributed by atoms with E-state index in [1.54, 1.807) is 31.2 Å². The van der Waals surface area contributed by atoms with Crippen LogP contribution in [0.2, 0.25) is 0 Å². The van der Waals surface area contributed by atoms with E-state index < -0.39 is 21.8 Å². The van der Waals surface area contributed by atoms with Gasteiger partial charge in [0.05, 0.1) is 25.0 Å². The monoisotopic (exact) mass is 632 g/mol. The number of rotatable bonds is 5. The predicted octanol–water partition coefficient (Wildman–Crippen LogP) is 4.51. The van der Waals surface area contributed by atoms with Gasteiger partial charge in [0.25, 0.3) is 5.91 Å². The van der Waals surface area contributed by atoms with Crippen molar-refractivity contribution in [1.29, 1.82) is 0 Å². The van der Waals surface area contributed by atoms with E-state index in [-0.39, 0.29) is 79.5 Å². The van der Waals surface area contributed by atoms with Gasteiger partial charge in [-0.05, 0) is 47.6 Å². The van der Waals surface area contributed by atoms with E-state index in [4.69, 9.17) is 9.47 Å². The van der Waals surface area contributed by atoms with Gasteiger partial charge in [0.2, 0.25) is 10.0 Å². The fourth-order valence-corrected chi connectivity index (χ4v) is 6.67. The number of carbonyl (C=O) groups is 3. The summed E-state index contributed by atoms with van der Waals surface area (Å²) in [7, 11) is -2.25. The maximum atomic E-state index is 13.7. The Kier molecular flexibility index (Phi) is 9.40. The Labute approximate surface area is 295 Å². The summed E-state index contributed by atoms with van der Waals surface area (Å²) >= 11 is 0. The van der Waals surface area contributed by atoms with Crippen LogP contribution < -0.4 is 9.46 Å². The minimum absolute atomic E-state index is 0. The van der Waals surface area contributed by atoms with Gasteiger partial charge in [0.15, 0.2) is 11.6 Å². The van der Waals surface area contributed by atoms with Crippen LogP contribution in [0.15, 0.2) is 53.0 Å². The minimum atomic E-state index is -3.79. The van der Waals surface area contributed by atoms with Crippen LogP contribution in [0.25, 0.3) is 11.3 Å². The van der Waals surface area contributed by atoms with Gasteiger partial charge in [-0.25, -0.2) is 18.1 Å². The van der Waals surface area contributed by atoms with E-state index in [2.05, 4.69) is 4.98 Å². The van der Waals surface area contributed by atoms with Gasteiger partial charge in [0, 0.05) is 48.0 Å². The normalized spacial score (nSPS) is 19.6. The first kappa shape index (κ1) is 33.7. The van der Waals surface area contributed by atoms with Crippen molar-refractivity contribution in [2.24, 2.45) is 10.8 Å². The molecule has 5 rings (SSSR count). The van der Waals surface area contributed by atoms with Gasteiger partial charge in [-0.1, -0.05) is 33.8 Å². The Morgan fingerprint density at radius 3 is 2.02 bits per heavy atom. The second-order valence-electron chi connectivity index (χ2n) is 13.1. The van der Waals surface area contributed by atoms with Crippen molar-refractivity contribution < 1.29 is 32.3 Å². The Balaban J connectivity index is 0.00000423. The van der Waals surface area contributed by atoms with E-state index >= 15 is 0 Å². The molecule has 0 spiro atoms. The van der Waals surface area contributed by atoms with Crippen molar-refractivity contribution in [2.45, 2.75) is 66.2 Å². The molecule has 224 valence electrons. The summed E-state index contributed by atoms with van der Waals surface area (Å²) in [6.45, 7) is 9.82. The average Bonchev–Trinajstić information content (AvgIpc) is 2.84. The summed E-state index contributed by atoms with van der Waals surface area (Å²) in [6, 6.07) is 8.80. The van der Waals surface area contributed by atoms with E-state index in [1.165, 1.54) is 7.11 Å². The quantitative estimate of drug-likeness (QED) is 0.477. The second kappa shape index (κ2) is 12.0.